The molecule has 0 bridgehead atoms. The molecule has 0 saturated carbocycles. The van der Waals surface area contributed by atoms with Crippen molar-refractivity contribution < 1.29 is 4.79 Å². The normalized spacial score (nSPS) is 12.1. The topological polar surface area (TPSA) is 41.5 Å². The van der Waals surface area contributed by atoms with Crippen molar-refractivity contribution in [1.29, 1.82) is 0 Å². The second-order valence-corrected chi connectivity index (χ2v) is 2.12. The van der Waals surface area contributed by atoms with Crippen LogP contribution in [0.2, 0.25) is 0 Å². The average molecular weight is 154 g/mol. The fourth-order valence-corrected chi connectivity index (χ4v) is 0.620. The summed E-state index contributed by atoms with van der Waals surface area (Å²) < 4.78 is 0. The molecule has 0 fully saturated rings. The first kappa shape index (κ1) is 9.88. The molecule has 0 aromatic heterocycles. The van der Waals surface area contributed by atoms with Gasteiger partial charge in [-0.1, -0.05) is 6.08 Å². The van der Waals surface area contributed by atoms with Gasteiger partial charge >= 0.3 is 0 Å². The van der Waals surface area contributed by atoms with Crippen molar-refractivity contribution in [2.45, 2.75) is 13.8 Å². The number of nitrogens with one attached hydrogen (secondary N) is 1. The van der Waals surface area contributed by atoms with Gasteiger partial charge in [0.15, 0.2) is 0 Å². The lowest BCUT2D eigenvalue weighted by Crippen LogP contribution is -2.26. The molecule has 0 rings (SSSR count). The quantitative estimate of drug-likeness (QED) is 0.599. The van der Waals surface area contributed by atoms with Crippen molar-refractivity contribution in [3.63, 3.8) is 0 Å². The Balaban J connectivity index is 3.81. The maximum absolute atomic E-state index is 10.5. The first-order valence-corrected chi connectivity index (χ1v) is 3.53. The molecular weight excluding hydrogens is 140 g/mol. The van der Waals surface area contributed by atoms with Crippen molar-refractivity contribution in [1.82, 2.24) is 5.32 Å². The number of hydrogen-bond donors (Lipinski definition) is 1. The van der Waals surface area contributed by atoms with Crippen LogP contribution in [0, 0.1) is 0 Å². The van der Waals surface area contributed by atoms with Crippen LogP contribution in [-0.2, 0) is 4.79 Å². The minimum absolute atomic E-state index is 0.0318. The minimum Gasteiger partial charge on any atom is -0.351 e. The van der Waals surface area contributed by atoms with Crippen molar-refractivity contribution in [3.8, 4) is 0 Å². The number of rotatable bonds is 3. The van der Waals surface area contributed by atoms with E-state index in [1.165, 1.54) is 6.92 Å². The third-order valence-corrected chi connectivity index (χ3v) is 1.16. The maximum Gasteiger partial charge on any atom is 0.217 e. The first-order chi connectivity index (χ1) is 5.20. The lowest BCUT2D eigenvalue weighted by Gasteiger charge is -1.99. The molecule has 0 spiro atoms. The Hall–Kier alpha value is -1.12. The molecule has 0 aliphatic carbocycles. The summed E-state index contributed by atoms with van der Waals surface area (Å²) in [5, 5.41) is 2.66. The third-order valence-electron chi connectivity index (χ3n) is 1.16. The standard InChI is InChI=1S/C8H14N2O/c1-4-5-8(9-3)6-10-7(2)11/h4-5H,6H2,1-3H3,(H,10,11)/b5-4-,9-8?. The van der Waals surface area contributed by atoms with Gasteiger partial charge in [-0.15, -0.1) is 0 Å². The van der Waals surface area contributed by atoms with E-state index >= 15 is 0 Å². The molecule has 0 aliphatic rings. The molecule has 1 amide bonds. The largest absolute Gasteiger partial charge is 0.351 e. The van der Waals surface area contributed by atoms with Gasteiger partial charge in [0.05, 0.1) is 12.3 Å². The Morgan fingerprint density at radius 3 is 2.64 bits per heavy atom. The van der Waals surface area contributed by atoms with Gasteiger partial charge in [0.2, 0.25) is 5.91 Å². The third kappa shape index (κ3) is 5.33. The Morgan fingerprint density at radius 1 is 1.64 bits per heavy atom. The zero-order valence-electron chi connectivity index (χ0n) is 7.22. The average Bonchev–Trinajstić information content (AvgIpc) is 1.97. The van der Waals surface area contributed by atoms with E-state index in [2.05, 4.69) is 10.3 Å². The molecule has 0 radical (unpaired) electrons. The molecule has 0 aromatic carbocycles. The minimum atomic E-state index is -0.0318. The monoisotopic (exact) mass is 154 g/mol. The second-order valence-electron chi connectivity index (χ2n) is 2.12. The fraction of sp³-hybridized carbons (Fsp3) is 0.500. The lowest BCUT2D eigenvalue weighted by atomic mass is 10.3. The van der Waals surface area contributed by atoms with Crippen LogP contribution in [0.25, 0.3) is 0 Å². The maximum atomic E-state index is 10.5. The van der Waals surface area contributed by atoms with Crippen LogP contribution in [0.5, 0.6) is 0 Å². The highest BCUT2D eigenvalue weighted by Crippen LogP contribution is 1.79. The number of hydrogen-bond acceptors (Lipinski definition) is 2. The van der Waals surface area contributed by atoms with Gasteiger partial charge in [0.25, 0.3) is 0 Å². The van der Waals surface area contributed by atoms with Crippen LogP contribution < -0.4 is 5.32 Å². The van der Waals surface area contributed by atoms with Crippen molar-refractivity contribution in [3.05, 3.63) is 12.2 Å². The number of aliphatic imine (C=N–C) groups is 1. The van der Waals surface area contributed by atoms with E-state index < -0.39 is 0 Å². The molecule has 3 nitrogen and oxygen atoms in total. The molecule has 0 atom stereocenters. The molecule has 0 aromatic rings. The Morgan fingerprint density at radius 2 is 2.27 bits per heavy atom. The zero-order chi connectivity index (χ0) is 8.69. The summed E-state index contributed by atoms with van der Waals surface area (Å²) in [6.45, 7) is 3.91. The summed E-state index contributed by atoms with van der Waals surface area (Å²) in [5.41, 5.74) is 0.878. The van der Waals surface area contributed by atoms with E-state index in [1.54, 1.807) is 7.05 Å². The van der Waals surface area contributed by atoms with Crippen molar-refractivity contribution in [2.24, 2.45) is 4.99 Å². The summed E-state index contributed by atoms with van der Waals surface area (Å²) in [6.07, 6.45) is 3.76. The first-order valence-electron chi connectivity index (χ1n) is 3.53. The predicted molar refractivity (Wildman–Crippen MR) is 46.9 cm³/mol. The number of carbonyl (C=O) groups excluding carboxylic acids is 1. The van der Waals surface area contributed by atoms with Crippen LogP contribution in [0.1, 0.15) is 13.8 Å². The van der Waals surface area contributed by atoms with E-state index in [4.69, 9.17) is 0 Å². The van der Waals surface area contributed by atoms with Gasteiger partial charge in [-0.25, -0.2) is 0 Å². The van der Waals surface area contributed by atoms with E-state index in [0.717, 1.165) is 5.71 Å². The Bertz CT molecular complexity index is 183. The second kappa shape index (κ2) is 5.65. The fourth-order valence-electron chi connectivity index (χ4n) is 0.620. The van der Waals surface area contributed by atoms with Crippen LogP contribution in [0.15, 0.2) is 17.1 Å². The summed E-state index contributed by atoms with van der Waals surface area (Å²) in [7, 11) is 1.71. The SMILES string of the molecule is C/C=C\C(CNC(C)=O)=NC. The lowest BCUT2D eigenvalue weighted by molar-refractivity contribution is -0.118. The van der Waals surface area contributed by atoms with Crippen LogP contribution in [-0.4, -0.2) is 25.2 Å². The molecule has 3 heteroatoms. The van der Waals surface area contributed by atoms with Gasteiger partial charge in [0, 0.05) is 14.0 Å². The van der Waals surface area contributed by atoms with E-state index in [1.807, 2.05) is 19.1 Å². The molecular formula is C8H14N2O. The summed E-state index contributed by atoms with van der Waals surface area (Å²) in [6, 6.07) is 0. The van der Waals surface area contributed by atoms with Crippen LogP contribution in [0.4, 0.5) is 0 Å². The van der Waals surface area contributed by atoms with Gasteiger partial charge in [-0.05, 0) is 13.0 Å². The van der Waals surface area contributed by atoms with Gasteiger partial charge in [-0.2, -0.15) is 0 Å². The highest BCUT2D eigenvalue weighted by atomic mass is 16.1. The van der Waals surface area contributed by atoms with Gasteiger partial charge < -0.3 is 5.32 Å². The smallest absolute Gasteiger partial charge is 0.217 e. The predicted octanol–water partition coefficient (Wildman–Crippen LogP) is 0.769. The molecule has 0 unspecified atom stereocenters. The van der Waals surface area contributed by atoms with Crippen LogP contribution >= 0.6 is 0 Å². The van der Waals surface area contributed by atoms with E-state index in [0.29, 0.717) is 6.54 Å². The van der Waals surface area contributed by atoms with Gasteiger partial charge in [-0.3, -0.25) is 9.79 Å². The number of carbonyl (C=O) groups is 1. The number of nitrogens with zero attached hydrogens (tertiary/aromatic N) is 1. The molecule has 0 heterocycles. The zero-order valence-corrected chi connectivity index (χ0v) is 7.22. The summed E-state index contributed by atoms with van der Waals surface area (Å²) in [5.74, 6) is -0.0318. The Kier molecular flexibility index (Phi) is 5.07. The van der Waals surface area contributed by atoms with Crippen LogP contribution in [0.3, 0.4) is 0 Å². The molecule has 0 saturated heterocycles. The number of amides is 1. The highest BCUT2D eigenvalue weighted by molar-refractivity contribution is 5.98. The summed E-state index contributed by atoms with van der Waals surface area (Å²) in [4.78, 5) is 14.4. The van der Waals surface area contributed by atoms with Crippen molar-refractivity contribution >= 4 is 11.6 Å². The summed E-state index contributed by atoms with van der Waals surface area (Å²) >= 11 is 0. The van der Waals surface area contributed by atoms with Crippen molar-refractivity contribution in [2.75, 3.05) is 13.6 Å². The Labute approximate surface area is 67.2 Å². The molecule has 1 N–H and O–H groups in total. The molecule has 62 valence electrons. The number of allylic oxidation sites excluding steroid dienone is 1. The van der Waals surface area contributed by atoms with E-state index in [9.17, 15) is 4.79 Å². The van der Waals surface area contributed by atoms with Gasteiger partial charge in [0.1, 0.15) is 0 Å². The van der Waals surface area contributed by atoms with E-state index in [-0.39, 0.29) is 5.91 Å². The molecule has 0 aliphatic heterocycles. The molecule has 11 heavy (non-hydrogen) atoms. The highest BCUT2D eigenvalue weighted by Gasteiger charge is 1.93.